The van der Waals surface area contributed by atoms with Gasteiger partial charge < -0.3 is 4.74 Å². The molecule has 32 heavy (non-hydrogen) atoms. The maximum absolute atomic E-state index is 13.6. The van der Waals surface area contributed by atoms with Crippen LogP contribution in [0.15, 0.2) is 47.4 Å². The van der Waals surface area contributed by atoms with E-state index >= 15 is 0 Å². The maximum Gasteiger partial charge on any atom is 0.244 e. The van der Waals surface area contributed by atoms with Crippen LogP contribution in [-0.2, 0) is 19.4 Å². The van der Waals surface area contributed by atoms with Gasteiger partial charge in [-0.2, -0.15) is 0 Å². The van der Waals surface area contributed by atoms with Crippen molar-refractivity contribution in [2.45, 2.75) is 4.90 Å². The number of carbonyl (C=O) groups excluding carboxylic acids is 1. The summed E-state index contributed by atoms with van der Waals surface area (Å²) in [4.78, 5) is 20.9. The van der Waals surface area contributed by atoms with E-state index in [0.29, 0.717) is 48.2 Å². The number of fused-ring (bicyclic) bond motifs is 1. The minimum atomic E-state index is -3.98. The number of hydrogen-bond donors (Lipinski definition) is 0. The van der Waals surface area contributed by atoms with Gasteiger partial charge in [-0.1, -0.05) is 11.3 Å². The van der Waals surface area contributed by atoms with Crippen LogP contribution in [0.4, 0.5) is 13.9 Å². The highest BCUT2D eigenvalue weighted by atomic mass is 32.2. The third-order valence-electron chi connectivity index (χ3n) is 5.10. The second-order valence-corrected chi connectivity index (χ2v) is 10.3. The molecule has 3 aromatic rings. The minimum Gasteiger partial charge on any atom is -0.379 e. The molecule has 1 fully saturated rings. The summed E-state index contributed by atoms with van der Waals surface area (Å²) in [5.74, 6) is -2.42. The fraction of sp³-hybridized carbons (Fsp3) is 0.333. The van der Waals surface area contributed by atoms with Crippen molar-refractivity contribution >= 4 is 42.4 Å². The fourth-order valence-electron chi connectivity index (χ4n) is 3.36. The minimum absolute atomic E-state index is 0.133. The van der Waals surface area contributed by atoms with Crippen molar-refractivity contribution in [3.05, 3.63) is 54.1 Å². The van der Waals surface area contributed by atoms with Crippen molar-refractivity contribution < 1.29 is 26.7 Å². The largest absolute Gasteiger partial charge is 0.379 e. The number of thiazole rings is 1. The molecular weight excluding hydrogens is 460 g/mol. The average molecular weight is 482 g/mol. The Morgan fingerprint density at radius 3 is 2.50 bits per heavy atom. The molecule has 7 nitrogen and oxygen atoms in total. The summed E-state index contributed by atoms with van der Waals surface area (Å²) < 4.78 is 58.2. The second-order valence-electron chi connectivity index (χ2n) is 7.32. The first-order valence-electron chi connectivity index (χ1n) is 9.97. The van der Waals surface area contributed by atoms with E-state index in [1.165, 1.54) is 23.1 Å². The van der Waals surface area contributed by atoms with Crippen molar-refractivity contribution in [3.8, 4) is 0 Å². The summed E-state index contributed by atoms with van der Waals surface area (Å²) in [5, 5.41) is 0.304. The number of morpholine rings is 1. The Morgan fingerprint density at radius 2 is 1.78 bits per heavy atom. The van der Waals surface area contributed by atoms with Gasteiger partial charge in [0.2, 0.25) is 5.91 Å². The highest BCUT2D eigenvalue weighted by Gasteiger charge is 2.27. The molecule has 1 amide bonds. The molecule has 0 spiro atoms. The SMILES string of the molecule is O=C(CS(=O)(=O)c1ccc(F)cc1)N(CCN1CCOCC1)c1nc2ccc(F)cc2s1. The molecule has 0 unspecified atom stereocenters. The molecule has 1 saturated heterocycles. The topological polar surface area (TPSA) is 79.8 Å². The van der Waals surface area contributed by atoms with Gasteiger partial charge in [-0.3, -0.25) is 14.6 Å². The molecule has 4 rings (SSSR count). The van der Waals surface area contributed by atoms with Crippen LogP contribution in [0.1, 0.15) is 0 Å². The van der Waals surface area contributed by atoms with Gasteiger partial charge in [0.15, 0.2) is 15.0 Å². The molecule has 1 aliphatic heterocycles. The van der Waals surface area contributed by atoms with Gasteiger partial charge in [0.05, 0.1) is 28.3 Å². The summed E-state index contributed by atoms with van der Waals surface area (Å²) in [6.07, 6.45) is 0. The zero-order chi connectivity index (χ0) is 22.7. The van der Waals surface area contributed by atoms with Crippen molar-refractivity contribution in [1.29, 1.82) is 0 Å². The van der Waals surface area contributed by atoms with Crippen LogP contribution in [-0.4, -0.2) is 69.4 Å². The van der Waals surface area contributed by atoms with Crippen LogP contribution in [0.5, 0.6) is 0 Å². The molecule has 0 N–H and O–H groups in total. The van der Waals surface area contributed by atoms with Gasteiger partial charge in [-0.05, 0) is 42.5 Å². The predicted molar refractivity (Wildman–Crippen MR) is 118 cm³/mol. The summed E-state index contributed by atoms with van der Waals surface area (Å²) in [5.41, 5.74) is 0.525. The fourth-order valence-corrected chi connectivity index (χ4v) is 5.59. The first-order valence-corrected chi connectivity index (χ1v) is 12.4. The van der Waals surface area contributed by atoms with Gasteiger partial charge in [-0.25, -0.2) is 22.2 Å². The van der Waals surface area contributed by atoms with Crippen LogP contribution < -0.4 is 4.90 Å². The van der Waals surface area contributed by atoms with Gasteiger partial charge >= 0.3 is 0 Å². The molecule has 2 heterocycles. The molecule has 0 atom stereocenters. The smallest absolute Gasteiger partial charge is 0.244 e. The number of aromatic nitrogens is 1. The number of rotatable bonds is 7. The summed E-state index contributed by atoms with van der Waals surface area (Å²) >= 11 is 1.12. The first kappa shape index (κ1) is 22.7. The quantitative estimate of drug-likeness (QED) is 0.483. The van der Waals surface area contributed by atoms with Crippen LogP contribution in [0.2, 0.25) is 0 Å². The van der Waals surface area contributed by atoms with Gasteiger partial charge in [0, 0.05) is 26.2 Å². The number of amides is 1. The number of benzene rings is 2. The van der Waals surface area contributed by atoms with E-state index in [9.17, 15) is 22.0 Å². The number of anilines is 1. The Hall–Kier alpha value is -2.47. The molecule has 1 aliphatic rings. The maximum atomic E-state index is 13.6. The van der Waals surface area contributed by atoms with Gasteiger partial charge in [-0.15, -0.1) is 0 Å². The molecule has 11 heteroatoms. The number of nitrogens with zero attached hydrogens (tertiary/aromatic N) is 3. The Balaban J connectivity index is 1.59. The number of halogens is 2. The van der Waals surface area contributed by atoms with E-state index in [0.717, 1.165) is 35.6 Å². The van der Waals surface area contributed by atoms with Crippen LogP contribution in [0, 0.1) is 11.6 Å². The number of sulfone groups is 1. The standard InChI is InChI=1S/C21H21F2N3O4S2/c22-15-1-4-17(5-2-15)32(28,29)14-20(27)26(8-7-25-9-11-30-12-10-25)21-24-18-6-3-16(23)13-19(18)31-21/h1-6,13H,7-12,14H2. The van der Waals surface area contributed by atoms with E-state index in [2.05, 4.69) is 9.88 Å². The normalized spacial score (nSPS) is 15.2. The number of carbonyl (C=O) groups is 1. The summed E-state index contributed by atoms with van der Waals surface area (Å²) in [6.45, 7) is 3.33. The number of hydrogen-bond acceptors (Lipinski definition) is 7. The Kier molecular flexibility index (Phi) is 6.79. The van der Waals surface area contributed by atoms with Crippen LogP contribution in [0.3, 0.4) is 0 Å². The predicted octanol–water partition coefficient (Wildman–Crippen LogP) is 2.71. The Morgan fingerprint density at radius 1 is 1.09 bits per heavy atom. The summed E-state index contributed by atoms with van der Waals surface area (Å²) in [7, 11) is -3.98. The molecular formula is C21H21F2N3O4S2. The highest BCUT2D eigenvalue weighted by molar-refractivity contribution is 7.92. The molecule has 2 aromatic carbocycles. The van der Waals surface area contributed by atoms with E-state index < -0.39 is 33.1 Å². The average Bonchev–Trinajstić information content (AvgIpc) is 3.17. The Labute approximate surface area is 188 Å². The van der Waals surface area contributed by atoms with Crippen molar-refractivity contribution in [3.63, 3.8) is 0 Å². The van der Waals surface area contributed by atoms with Crippen molar-refractivity contribution in [1.82, 2.24) is 9.88 Å². The van der Waals surface area contributed by atoms with E-state index in [1.807, 2.05) is 0 Å². The van der Waals surface area contributed by atoms with Crippen LogP contribution >= 0.6 is 11.3 Å². The zero-order valence-electron chi connectivity index (χ0n) is 17.0. The van der Waals surface area contributed by atoms with Gasteiger partial charge in [0.1, 0.15) is 17.4 Å². The van der Waals surface area contributed by atoms with E-state index in [1.54, 1.807) is 0 Å². The highest BCUT2D eigenvalue weighted by Crippen LogP contribution is 2.30. The lowest BCUT2D eigenvalue weighted by Crippen LogP contribution is -2.44. The molecule has 0 radical (unpaired) electrons. The lowest BCUT2D eigenvalue weighted by molar-refractivity contribution is -0.116. The number of ether oxygens (including phenoxy) is 1. The van der Waals surface area contributed by atoms with E-state index in [-0.39, 0.29) is 11.4 Å². The zero-order valence-corrected chi connectivity index (χ0v) is 18.7. The summed E-state index contributed by atoms with van der Waals surface area (Å²) in [6, 6.07) is 8.48. The molecule has 1 aromatic heterocycles. The third-order valence-corrected chi connectivity index (χ3v) is 7.76. The molecule has 170 valence electrons. The first-order chi connectivity index (χ1) is 15.3. The second kappa shape index (κ2) is 9.57. The van der Waals surface area contributed by atoms with Crippen molar-refractivity contribution in [2.24, 2.45) is 0 Å². The Bertz CT molecular complexity index is 1210. The molecule has 0 saturated carbocycles. The lowest BCUT2D eigenvalue weighted by Gasteiger charge is -2.29. The third kappa shape index (κ3) is 5.29. The molecule has 0 bridgehead atoms. The lowest BCUT2D eigenvalue weighted by atomic mass is 10.3. The van der Waals surface area contributed by atoms with Crippen LogP contribution in [0.25, 0.3) is 10.2 Å². The monoisotopic (exact) mass is 481 g/mol. The van der Waals surface area contributed by atoms with Crippen molar-refractivity contribution in [2.75, 3.05) is 50.0 Å². The van der Waals surface area contributed by atoms with Gasteiger partial charge in [0.25, 0.3) is 0 Å². The van der Waals surface area contributed by atoms with E-state index in [4.69, 9.17) is 4.74 Å². The molecule has 0 aliphatic carbocycles.